The Bertz CT molecular complexity index is 256. The van der Waals surface area contributed by atoms with Gasteiger partial charge in [-0.2, -0.15) is 0 Å². The molecule has 1 rings (SSSR count). The SMILES string of the molecule is CC(C)(C)OC(=O)N1CC(N)C(C)(C)C1. The third kappa shape index (κ3) is 3.09. The number of hydrogen-bond donors (Lipinski definition) is 1. The second-order valence-corrected chi connectivity index (χ2v) is 5.96. The van der Waals surface area contributed by atoms with Crippen molar-refractivity contribution in [2.75, 3.05) is 13.1 Å². The summed E-state index contributed by atoms with van der Waals surface area (Å²) in [5.74, 6) is 0. The van der Waals surface area contributed by atoms with Crippen molar-refractivity contribution in [1.82, 2.24) is 4.90 Å². The number of nitrogens with two attached hydrogens (primary N) is 1. The maximum atomic E-state index is 11.7. The molecule has 1 heterocycles. The van der Waals surface area contributed by atoms with Crippen LogP contribution in [0.3, 0.4) is 0 Å². The quantitative estimate of drug-likeness (QED) is 0.666. The fourth-order valence-electron chi connectivity index (χ4n) is 1.62. The Labute approximate surface area is 91.8 Å². The number of amides is 1. The number of likely N-dealkylation sites (tertiary alicyclic amines) is 1. The maximum absolute atomic E-state index is 11.7. The molecular formula is C11H22N2O2. The summed E-state index contributed by atoms with van der Waals surface area (Å²) in [5.41, 5.74) is 5.50. The number of hydrogen-bond acceptors (Lipinski definition) is 3. The summed E-state index contributed by atoms with van der Waals surface area (Å²) in [5, 5.41) is 0. The third-order valence-corrected chi connectivity index (χ3v) is 2.67. The number of rotatable bonds is 0. The fourth-order valence-corrected chi connectivity index (χ4v) is 1.62. The molecule has 1 saturated heterocycles. The van der Waals surface area contributed by atoms with E-state index in [2.05, 4.69) is 13.8 Å². The van der Waals surface area contributed by atoms with E-state index in [1.54, 1.807) is 4.90 Å². The van der Waals surface area contributed by atoms with E-state index < -0.39 is 5.60 Å². The second-order valence-electron chi connectivity index (χ2n) is 5.96. The molecule has 1 aliphatic heterocycles. The summed E-state index contributed by atoms with van der Waals surface area (Å²) in [6.45, 7) is 11.0. The zero-order chi connectivity index (χ0) is 11.9. The summed E-state index contributed by atoms with van der Waals surface area (Å²) in [7, 11) is 0. The van der Waals surface area contributed by atoms with E-state index in [0.717, 1.165) is 0 Å². The van der Waals surface area contributed by atoms with Gasteiger partial charge in [-0.15, -0.1) is 0 Å². The van der Waals surface area contributed by atoms with Gasteiger partial charge in [0.2, 0.25) is 0 Å². The fraction of sp³-hybridized carbons (Fsp3) is 0.909. The van der Waals surface area contributed by atoms with Gasteiger partial charge >= 0.3 is 6.09 Å². The Morgan fingerprint density at radius 3 is 2.33 bits per heavy atom. The minimum Gasteiger partial charge on any atom is -0.444 e. The van der Waals surface area contributed by atoms with Crippen molar-refractivity contribution in [3.63, 3.8) is 0 Å². The lowest BCUT2D eigenvalue weighted by atomic mass is 9.89. The monoisotopic (exact) mass is 214 g/mol. The van der Waals surface area contributed by atoms with Crippen LogP contribution in [0.4, 0.5) is 4.79 Å². The molecule has 0 spiro atoms. The molecule has 88 valence electrons. The van der Waals surface area contributed by atoms with Gasteiger partial charge in [-0.25, -0.2) is 4.79 Å². The molecule has 4 heteroatoms. The molecule has 15 heavy (non-hydrogen) atoms. The molecule has 4 nitrogen and oxygen atoms in total. The van der Waals surface area contributed by atoms with E-state index >= 15 is 0 Å². The Balaban J connectivity index is 2.58. The Hall–Kier alpha value is -0.770. The van der Waals surface area contributed by atoms with Crippen LogP contribution in [-0.2, 0) is 4.74 Å². The lowest BCUT2D eigenvalue weighted by Crippen LogP contribution is -2.37. The minimum atomic E-state index is -0.437. The highest BCUT2D eigenvalue weighted by atomic mass is 16.6. The number of carbonyl (C=O) groups is 1. The molecule has 0 aliphatic carbocycles. The maximum Gasteiger partial charge on any atom is 0.410 e. The van der Waals surface area contributed by atoms with Crippen molar-refractivity contribution in [2.45, 2.75) is 46.3 Å². The van der Waals surface area contributed by atoms with Crippen molar-refractivity contribution in [3.8, 4) is 0 Å². The van der Waals surface area contributed by atoms with Crippen molar-refractivity contribution < 1.29 is 9.53 Å². The van der Waals surface area contributed by atoms with E-state index in [9.17, 15) is 4.79 Å². The van der Waals surface area contributed by atoms with Gasteiger partial charge in [0, 0.05) is 19.1 Å². The summed E-state index contributed by atoms with van der Waals surface area (Å²) < 4.78 is 5.29. The van der Waals surface area contributed by atoms with Crippen LogP contribution in [-0.4, -0.2) is 35.7 Å². The van der Waals surface area contributed by atoms with Crippen LogP contribution in [0.5, 0.6) is 0 Å². The van der Waals surface area contributed by atoms with Crippen LogP contribution >= 0.6 is 0 Å². The van der Waals surface area contributed by atoms with E-state index in [0.29, 0.717) is 13.1 Å². The van der Waals surface area contributed by atoms with Gasteiger partial charge in [0.25, 0.3) is 0 Å². The molecular weight excluding hydrogens is 192 g/mol. The second kappa shape index (κ2) is 3.67. The van der Waals surface area contributed by atoms with Crippen molar-refractivity contribution in [1.29, 1.82) is 0 Å². The van der Waals surface area contributed by atoms with E-state index in [4.69, 9.17) is 10.5 Å². The van der Waals surface area contributed by atoms with E-state index in [-0.39, 0.29) is 17.6 Å². The van der Waals surface area contributed by atoms with Crippen LogP contribution < -0.4 is 5.73 Å². The summed E-state index contributed by atoms with van der Waals surface area (Å²) >= 11 is 0. The lowest BCUT2D eigenvalue weighted by Gasteiger charge is -2.25. The number of ether oxygens (including phenoxy) is 1. The minimum absolute atomic E-state index is 0.0170. The van der Waals surface area contributed by atoms with Gasteiger partial charge in [-0.1, -0.05) is 13.8 Å². The molecule has 1 atom stereocenters. The Kier molecular flexibility index (Phi) is 3.01. The van der Waals surface area contributed by atoms with Crippen LogP contribution in [0, 0.1) is 5.41 Å². The Morgan fingerprint density at radius 2 is 2.00 bits per heavy atom. The average Bonchev–Trinajstić information content (AvgIpc) is 2.23. The van der Waals surface area contributed by atoms with Crippen LogP contribution in [0.2, 0.25) is 0 Å². The van der Waals surface area contributed by atoms with Crippen LogP contribution in [0.15, 0.2) is 0 Å². The van der Waals surface area contributed by atoms with E-state index in [1.165, 1.54) is 0 Å². The number of carbonyl (C=O) groups excluding carboxylic acids is 1. The number of nitrogens with zero attached hydrogens (tertiary/aromatic N) is 1. The van der Waals surface area contributed by atoms with Crippen molar-refractivity contribution in [3.05, 3.63) is 0 Å². The zero-order valence-corrected chi connectivity index (χ0v) is 10.3. The van der Waals surface area contributed by atoms with Crippen molar-refractivity contribution in [2.24, 2.45) is 11.1 Å². The highest BCUT2D eigenvalue weighted by Gasteiger charge is 2.40. The Morgan fingerprint density at radius 1 is 1.47 bits per heavy atom. The molecule has 0 bridgehead atoms. The van der Waals surface area contributed by atoms with Gasteiger partial charge < -0.3 is 15.4 Å². The molecule has 1 aliphatic rings. The first-order chi connectivity index (χ1) is 6.62. The van der Waals surface area contributed by atoms with Crippen LogP contribution in [0.25, 0.3) is 0 Å². The molecule has 0 aromatic heterocycles. The average molecular weight is 214 g/mol. The molecule has 0 saturated carbocycles. The lowest BCUT2D eigenvalue weighted by molar-refractivity contribution is 0.0278. The third-order valence-electron chi connectivity index (χ3n) is 2.67. The van der Waals surface area contributed by atoms with Gasteiger partial charge in [0.1, 0.15) is 5.60 Å². The molecule has 0 aromatic rings. The van der Waals surface area contributed by atoms with Crippen molar-refractivity contribution >= 4 is 6.09 Å². The summed E-state index contributed by atoms with van der Waals surface area (Å²) in [6.07, 6.45) is -0.261. The smallest absolute Gasteiger partial charge is 0.410 e. The van der Waals surface area contributed by atoms with Gasteiger partial charge in [0.05, 0.1) is 0 Å². The van der Waals surface area contributed by atoms with Crippen LogP contribution in [0.1, 0.15) is 34.6 Å². The largest absolute Gasteiger partial charge is 0.444 e. The zero-order valence-electron chi connectivity index (χ0n) is 10.3. The van der Waals surface area contributed by atoms with Gasteiger partial charge in [-0.05, 0) is 26.2 Å². The molecule has 0 aromatic carbocycles. The van der Waals surface area contributed by atoms with E-state index in [1.807, 2.05) is 20.8 Å². The predicted molar refractivity (Wildman–Crippen MR) is 59.6 cm³/mol. The highest BCUT2D eigenvalue weighted by Crippen LogP contribution is 2.28. The highest BCUT2D eigenvalue weighted by molar-refractivity contribution is 5.68. The van der Waals surface area contributed by atoms with Gasteiger partial charge in [-0.3, -0.25) is 0 Å². The summed E-state index contributed by atoms with van der Waals surface area (Å²) in [4.78, 5) is 13.4. The standard InChI is InChI=1S/C11H22N2O2/c1-10(2,3)15-9(14)13-6-8(12)11(4,5)7-13/h8H,6-7,12H2,1-5H3. The molecule has 1 amide bonds. The molecule has 1 fully saturated rings. The first-order valence-corrected chi connectivity index (χ1v) is 5.35. The molecule has 2 N–H and O–H groups in total. The topological polar surface area (TPSA) is 55.6 Å². The molecule has 0 radical (unpaired) electrons. The summed E-state index contributed by atoms with van der Waals surface area (Å²) in [6, 6.07) is 0.0324. The first-order valence-electron chi connectivity index (χ1n) is 5.35. The van der Waals surface area contributed by atoms with Gasteiger partial charge in [0.15, 0.2) is 0 Å². The molecule has 1 unspecified atom stereocenters. The first kappa shape index (κ1) is 12.3. The predicted octanol–water partition coefficient (Wildman–Crippen LogP) is 1.59. The normalized spacial score (nSPS) is 25.5.